The first kappa shape index (κ1) is 12.8. The molecule has 0 aliphatic rings. The average Bonchev–Trinajstić information content (AvgIpc) is 2.30. The molecule has 0 fully saturated rings. The Hall–Kier alpha value is -0.650. The van der Waals surface area contributed by atoms with E-state index >= 15 is 0 Å². The van der Waals surface area contributed by atoms with Gasteiger partial charge >= 0.3 is 0 Å². The first-order chi connectivity index (χ1) is 8.11. The molecule has 1 aromatic carbocycles. The third kappa shape index (κ3) is 2.78. The fourth-order valence-electron chi connectivity index (χ4n) is 1.34. The first-order valence-electron chi connectivity index (χ1n) is 4.77. The van der Waals surface area contributed by atoms with Gasteiger partial charge in [0.05, 0.1) is 9.50 Å². The highest BCUT2D eigenvalue weighted by molar-refractivity contribution is 9.10. The van der Waals surface area contributed by atoms with E-state index in [1.54, 1.807) is 13.2 Å². The average molecular weight is 377 g/mol. The van der Waals surface area contributed by atoms with Crippen molar-refractivity contribution in [3.63, 3.8) is 0 Å². The first-order valence-corrected chi connectivity index (χ1v) is 6.74. The van der Waals surface area contributed by atoms with E-state index in [2.05, 4.69) is 47.1 Å². The predicted octanol–water partition coefficient (Wildman–Crippen LogP) is 4.36. The van der Waals surface area contributed by atoms with Gasteiger partial charge in [0.2, 0.25) is 0 Å². The van der Waals surface area contributed by atoms with Crippen LogP contribution < -0.4 is 5.32 Å². The van der Waals surface area contributed by atoms with Gasteiger partial charge in [0, 0.05) is 23.3 Å². The van der Waals surface area contributed by atoms with Gasteiger partial charge in [-0.1, -0.05) is 27.5 Å². The van der Waals surface area contributed by atoms with Crippen LogP contribution in [0.2, 0.25) is 5.02 Å². The Balaban J connectivity index is 2.53. The summed E-state index contributed by atoms with van der Waals surface area (Å²) in [4.78, 5) is 8.63. The highest BCUT2D eigenvalue weighted by Crippen LogP contribution is 2.30. The van der Waals surface area contributed by atoms with Gasteiger partial charge in [-0.25, -0.2) is 9.97 Å². The lowest BCUT2D eigenvalue weighted by molar-refractivity contribution is 1.15. The van der Waals surface area contributed by atoms with E-state index in [1.807, 2.05) is 18.2 Å². The van der Waals surface area contributed by atoms with Crippen LogP contribution in [0, 0.1) is 0 Å². The van der Waals surface area contributed by atoms with E-state index in [-0.39, 0.29) is 0 Å². The normalized spacial score (nSPS) is 10.4. The monoisotopic (exact) mass is 375 g/mol. The van der Waals surface area contributed by atoms with Crippen LogP contribution >= 0.6 is 43.5 Å². The summed E-state index contributed by atoms with van der Waals surface area (Å²) < 4.78 is 1.74. The van der Waals surface area contributed by atoms with E-state index in [9.17, 15) is 0 Å². The molecule has 1 aromatic heterocycles. The molecule has 0 saturated carbocycles. The van der Waals surface area contributed by atoms with Crippen LogP contribution in [0.15, 0.2) is 33.3 Å². The molecule has 17 heavy (non-hydrogen) atoms. The SMILES string of the molecule is CNc1nc(-c2ccc(Br)cc2Cl)ncc1Br. The van der Waals surface area contributed by atoms with Crippen LogP contribution in [0.3, 0.4) is 0 Å². The van der Waals surface area contributed by atoms with Crippen LogP contribution in [0.5, 0.6) is 0 Å². The standard InChI is InChI=1S/C11H8Br2ClN3/c1-15-11-8(13)5-16-10(17-11)7-3-2-6(12)4-9(7)14/h2-5H,1H3,(H,15,16,17). The highest BCUT2D eigenvalue weighted by Gasteiger charge is 2.09. The van der Waals surface area contributed by atoms with Crippen LogP contribution in [-0.2, 0) is 0 Å². The Morgan fingerprint density at radius 3 is 2.71 bits per heavy atom. The minimum Gasteiger partial charge on any atom is -0.372 e. The van der Waals surface area contributed by atoms with Gasteiger partial charge in [0.1, 0.15) is 5.82 Å². The van der Waals surface area contributed by atoms with Crippen molar-refractivity contribution in [2.75, 3.05) is 12.4 Å². The molecule has 1 N–H and O–H groups in total. The Labute approximate surface area is 121 Å². The second kappa shape index (κ2) is 5.33. The topological polar surface area (TPSA) is 37.8 Å². The number of hydrogen-bond donors (Lipinski definition) is 1. The minimum absolute atomic E-state index is 0.593. The largest absolute Gasteiger partial charge is 0.372 e. The molecule has 88 valence electrons. The summed E-state index contributed by atoms with van der Waals surface area (Å²) in [6.07, 6.45) is 1.70. The number of halogens is 3. The number of anilines is 1. The lowest BCUT2D eigenvalue weighted by Crippen LogP contribution is -1.97. The molecular weight excluding hydrogens is 369 g/mol. The summed E-state index contributed by atoms with van der Waals surface area (Å²) in [5.41, 5.74) is 0.805. The third-order valence-electron chi connectivity index (χ3n) is 2.15. The zero-order valence-corrected chi connectivity index (χ0v) is 12.8. The molecule has 0 aliphatic heterocycles. The molecule has 0 saturated heterocycles. The van der Waals surface area contributed by atoms with Gasteiger partial charge in [-0.3, -0.25) is 0 Å². The number of rotatable bonds is 2. The van der Waals surface area contributed by atoms with Gasteiger partial charge in [-0.2, -0.15) is 0 Å². The van der Waals surface area contributed by atoms with Gasteiger partial charge in [-0.05, 0) is 34.1 Å². The molecule has 0 radical (unpaired) electrons. The van der Waals surface area contributed by atoms with E-state index in [4.69, 9.17) is 11.6 Å². The van der Waals surface area contributed by atoms with Gasteiger partial charge in [0.15, 0.2) is 5.82 Å². The maximum Gasteiger partial charge on any atom is 0.163 e. The number of nitrogens with zero attached hydrogens (tertiary/aromatic N) is 2. The lowest BCUT2D eigenvalue weighted by atomic mass is 10.2. The van der Waals surface area contributed by atoms with Crippen molar-refractivity contribution < 1.29 is 0 Å². The highest BCUT2D eigenvalue weighted by atomic mass is 79.9. The molecule has 2 aromatic rings. The molecular formula is C11H8Br2ClN3. The number of nitrogens with one attached hydrogen (secondary N) is 1. The second-order valence-electron chi connectivity index (χ2n) is 3.26. The molecule has 0 spiro atoms. The molecule has 1 heterocycles. The number of benzene rings is 1. The van der Waals surface area contributed by atoms with E-state index in [1.165, 1.54) is 0 Å². The van der Waals surface area contributed by atoms with Crippen molar-refractivity contribution in [2.45, 2.75) is 0 Å². The minimum atomic E-state index is 0.593. The molecule has 0 aliphatic carbocycles. The van der Waals surface area contributed by atoms with E-state index < -0.39 is 0 Å². The lowest BCUT2D eigenvalue weighted by Gasteiger charge is -2.07. The summed E-state index contributed by atoms with van der Waals surface area (Å²) >= 11 is 12.9. The molecule has 0 bridgehead atoms. The van der Waals surface area contributed by atoms with E-state index in [0.29, 0.717) is 10.8 Å². The quantitative estimate of drug-likeness (QED) is 0.845. The Morgan fingerprint density at radius 2 is 2.06 bits per heavy atom. The smallest absolute Gasteiger partial charge is 0.163 e. The third-order valence-corrected chi connectivity index (χ3v) is 3.54. The van der Waals surface area contributed by atoms with Gasteiger partial charge in [-0.15, -0.1) is 0 Å². The molecule has 0 atom stereocenters. The van der Waals surface area contributed by atoms with Gasteiger partial charge in [0.25, 0.3) is 0 Å². The summed E-state index contributed by atoms with van der Waals surface area (Å²) in [7, 11) is 1.81. The van der Waals surface area contributed by atoms with Crippen LogP contribution in [-0.4, -0.2) is 17.0 Å². The molecule has 2 rings (SSSR count). The number of aromatic nitrogens is 2. The molecule has 3 nitrogen and oxygen atoms in total. The summed E-state index contributed by atoms with van der Waals surface area (Å²) in [5.74, 6) is 1.32. The van der Waals surface area contributed by atoms with Crippen molar-refractivity contribution in [3.05, 3.63) is 38.4 Å². The van der Waals surface area contributed by atoms with Crippen molar-refractivity contribution in [3.8, 4) is 11.4 Å². The molecule has 0 amide bonds. The van der Waals surface area contributed by atoms with Crippen molar-refractivity contribution in [2.24, 2.45) is 0 Å². The van der Waals surface area contributed by atoms with Crippen LogP contribution in [0.25, 0.3) is 11.4 Å². The van der Waals surface area contributed by atoms with Crippen molar-refractivity contribution in [1.82, 2.24) is 9.97 Å². The predicted molar refractivity (Wildman–Crippen MR) is 77.4 cm³/mol. The van der Waals surface area contributed by atoms with Crippen molar-refractivity contribution in [1.29, 1.82) is 0 Å². The fraction of sp³-hybridized carbons (Fsp3) is 0.0909. The van der Waals surface area contributed by atoms with E-state index in [0.717, 1.165) is 20.3 Å². The maximum atomic E-state index is 6.16. The second-order valence-corrected chi connectivity index (χ2v) is 5.44. The Morgan fingerprint density at radius 1 is 1.29 bits per heavy atom. The zero-order valence-electron chi connectivity index (χ0n) is 8.84. The van der Waals surface area contributed by atoms with Gasteiger partial charge < -0.3 is 5.32 Å². The molecule has 6 heteroatoms. The number of hydrogen-bond acceptors (Lipinski definition) is 3. The van der Waals surface area contributed by atoms with Crippen molar-refractivity contribution >= 4 is 49.3 Å². The summed E-state index contributed by atoms with van der Waals surface area (Å²) in [6.45, 7) is 0. The summed E-state index contributed by atoms with van der Waals surface area (Å²) in [5, 5.41) is 3.60. The van der Waals surface area contributed by atoms with Crippen LogP contribution in [0.4, 0.5) is 5.82 Å². The maximum absolute atomic E-state index is 6.16. The van der Waals surface area contributed by atoms with Crippen LogP contribution in [0.1, 0.15) is 0 Å². The fourth-order valence-corrected chi connectivity index (χ4v) is 2.49. The molecule has 0 unspecified atom stereocenters. The Kier molecular flexibility index (Phi) is 4.01. The Bertz CT molecular complexity index is 560. The summed E-state index contributed by atoms with van der Waals surface area (Å²) in [6, 6.07) is 5.61. The zero-order chi connectivity index (χ0) is 12.4.